The van der Waals surface area contributed by atoms with Crippen LogP contribution < -0.4 is 0 Å². The molecule has 1 saturated carbocycles. The van der Waals surface area contributed by atoms with Crippen LogP contribution in [0.2, 0.25) is 0 Å². The third-order valence-electron chi connectivity index (χ3n) is 4.09. The van der Waals surface area contributed by atoms with Gasteiger partial charge in [0.15, 0.2) is 5.82 Å². The Morgan fingerprint density at radius 2 is 1.94 bits per heavy atom. The van der Waals surface area contributed by atoms with Crippen LogP contribution in [0.3, 0.4) is 0 Å². The Labute approximate surface area is 106 Å². The van der Waals surface area contributed by atoms with Gasteiger partial charge < -0.3 is 0 Å². The Hall–Kier alpha value is -1.46. The molecule has 1 aliphatic carbocycles. The highest BCUT2D eigenvalue weighted by atomic mass is 16.6. The summed E-state index contributed by atoms with van der Waals surface area (Å²) in [6.45, 7) is 0.777. The maximum absolute atomic E-state index is 11.0. The SMILES string of the molecule is O=[N+]([O-])C1CCCn2nc(C3CCCCC3)nc21. The molecule has 1 aliphatic heterocycles. The van der Waals surface area contributed by atoms with E-state index in [4.69, 9.17) is 0 Å². The van der Waals surface area contributed by atoms with Gasteiger partial charge in [-0.1, -0.05) is 19.3 Å². The zero-order chi connectivity index (χ0) is 12.5. The van der Waals surface area contributed by atoms with E-state index >= 15 is 0 Å². The van der Waals surface area contributed by atoms with E-state index in [0.717, 1.165) is 31.6 Å². The van der Waals surface area contributed by atoms with Crippen LogP contribution in [0.1, 0.15) is 68.6 Å². The van der Waals surface area contributed by atoms with E-state index in [2.05, 4.69) is 10.1 Å². The second-order valence-corrected chi connectivity index (χ2v) is 5.33. The van der Waals surface area contributed by atoms with Crippen LogP contribution in [0.15, 0.2) is 0 Å². The molecule has 0 amide bonds. The highest BCUT2D eigenvalue weighted by Crippen LogP contribution is 2.33. The monoisotopic (exact) mass is 250 g/mol. The summed E-state index contributed by atoms with van der Waals surface area (Å²) >= 11 is 0. The summed E-state index contributed by atoms with van der Waals surface area (Å²) in [5, 5.41) is 15.5. The Balaban J connectivity index is 1.88. The number of nitro groups is 1. The van der Waals surface area contributed by atoms with E-state index in [-0.39, 0.29) is 4.92 Å². The summed E-state index contributed by atoms with van der Waals surface area (Å²) in [4.78, 5) is 15.3. The van der Waals surface area contributed by atoms with Gasteiger partial charge in [0, 0.05) is 23.8 Å². The topological polar surface area (TPSA) is 73.8 Å². The smallest absolute Gasteiger partial charge is 0.264 e. The molecule has 2 aliphatic rings. The summed E-state index contributed by atoms with van der Waals surface area (Å²) in [6.07, 6.45) is 7.43. The molecule has 98 valence electrons. The van der Waals surface area contributed by atoms with Crippen LogP contribution in [0, 0.1) is 10.1 Å². The van der Waals surface area contributed by atoms with Crippen molar-refractivity contribution in [1.29, 1.82) is 0 Å². The molecule has 0 saturated heterocycles. The number of nitrogens with zero attached hydrogens (tertiary/aromatic N) is 4. The maximum Gasteiger partial charge on any atom is 0.271 e. The first kappa shape index (κ1) is 11.6. The van der Waals surface area contributed by atoms with Gasteiger partial charge in [-0.25, -0.2) is 9.67 Å². The zero-order valence-electron chi connectivity index (χ0n) is 10.4. The van der Waals surface area contributed by atoms with Gasteiger partial charge in [-0.3, -0.25) is 10.1 Å². The van der Waals surface area contributed by atoms with E-state index < -0.39 is 6.04 Å². The molecule has 1 fully saturated rings. The lowest BCUT2D eigenvalue weighted by atomic mass is 9.89. The molecular weight excluding hydrogens is 232 g/mol. The normalized spacial score (nSPS) is 24.8. The van der Waals surface area contributed by atoms with Gasteiger partial charge in [-0.05, 0) is 19.3 Å². The number of aryl methyl sites for hydroxylation is 1. The van der Waals surface area contributed by atoms with E-state index in [1.165, 1.54) is 19.3 Å². The predicted molar refractivity (Wildman–Crippen MR) is 64.8 cm³/mol. The van der Waals surface area contributed by atoms with Gasteiger partial charge >= 0.3 is 0 Å². The fourth-order valence-electron chi connectivity index (χ4n) is 3.08. The van der Waals surface area contributed by atoms with Gasteiger partial charge in [0.2, 0.25) is 5.82 Å². The van der Waals surface area contributed by atoms with Crippen molar-refractivity contribution < 1.29 is 4.92 Å². The summed E-state index contributed by atoms with van der Waals surface area (Å²) in [5.41, 5.74) is 0. The summed E-state index contributed by atoms with van der Waals surface area (Å²) in [5.74, 6) is 1.84. The van der Waals surface area contributed by atoms with Crippen LogP contribution in [-0.2, 0) is 6.54 Å². The lowest BCUT2D eigenvalue weighted by Crippen LogP contribution is -2.22. The van der Waals surface area contributed by atoms with E-state index in [1.54, 1.807) is 4.68 Å². The minimum Gasteiger partial charge on any atom is -0.264 e. The molecule has 6 heteroatoms. The van der Waals surface area contributed by atoms with Crippen molar-refractivity contribution in [3.63, 3.8) is 0 Å². The largest absolute Gasteiger partial charge is 0.271 e. The van der Waals surface area contributed by atoms with Crippen molar-refractivity contribution >= 4 is 0 Å². The highest BCUT2D eigenvalue weighted by Gasteiger charge is 2.34. The fourth-order valence-corrected chi connectivity index (χ4v) is 3.08. The van der Waals surface area contributed by atoms with Gasteiger partial charge in [0.1, 0.15) is 0 Å². The number of fused-ring (bicyclic) bond motifs is 1. The van der Waals surface area contributed by atoms with Crippen LogP contribution in [0.4, 0.5) is 0 Å². The fraction of sp³-hybridized carbons (Fsp3) is 0.833. The quantitative estimate of drug-likeness (QED) is 0.597. The first-order valence-electron chi connectivity index (χ1n) is 6.84. The van der Waals surface area contributed by atoms with Crippen LogP contribution in [-0.4, -0.2) is 19.7 Å². The molecule has 0 N–H and O–H groups in total. The van der Waals surface area contributed by atoms with Crippen LogP contribution in [0.25, 0.3) is 0 Å². The standard InChI is InChI=1S/C12H18N4O2/c17-16(18)10-7-4-8-15-12(10)13-11(14-15)9-5-2-1-3-6-9/h9-10H,1-8H2. The van der Waals surface area contributed by atoms with Gasteiger partial charge in [0.05, 0.1) is 0 Å². The van der Waals surface area contributed by atoms with Gasteiger partial charge in [-0.2, -0.15) is 5.10 Å². The second kappa shape index (κ2) is 4.66. The summed E-state index contributed by atoms with van der Waals surface area (Å²) < 4.78 is 1.76. The maximum atomic E-state index is 11.0. The minimum absolute atomic E-state index is 0.218. The van der Waals surface area contributed by atoms with E-state index in [9.17, 15) is 10.1 Å². The summed E-state index contributed by atoms with van der Waals surface area (Å²) in [6, 6.07) is -0.649. The molecule has 0 radical (unpaired) electrons. The van der Waals surface area contributed by atoms with Crippen LogP contribution >= 0.6 is 0 Å². The third-order valence-corrected chi connectivity index (χ3v) is 4.09. The average Bonchev–Trinajstić information content (AvgIpc) is 2.83. The Kier molecular flexibility index (Phi) is 3.01. The first-order valence-corrected chi connectivity index (χ1v) is 6.84. The number of hydrogen-bond acceptors (Lipinski definition) is 4. The molecule has 0 aromatic carbocycles. The minimum atomic E-state index is -0.649. The van der Waals surface area contributed by atoms with Crippen molar-refractivity contribution in [2.24, 2.45) is 0 Å². The molecule has 1 aromatic heterocycles. The molecule has 0 spiro atoms. The van der Waals surface area contributed by atoms with Crippen LogP contribution in [0.5, 0.6) is 0 Å². The lowest BCUT2D eigenvalue weighted by molar-refractivity contribution is -0.533. The first-order chi connectivity index (χ1) is 8.75. The third kappa shape index (κ3) is 2.00. The second-order valence-electron chi connectivity index (χ2n) is 5.33. The average molecular weight is 250 g/mol. The molecule has 0 bridgehead atoms. The molecule has 1 aromatic rings. The van der Waals surface area contributed by atoms with Crippen molar-refractivity contribution in [3.8, 4) is 0 Å². The molecule has 6 nitrogen and oxygen atoms in total. The van der Waals surface area contributed by atoms with E-state index in [1.807, 2.05) is 0 Å². The van der Waals surface area contributed by atoms with E-state index in [0.29, 0.717) is 18.2 Å². The summed E-state index contributed by atoms with van der Waals surface area (Å²) in [7, 11) is 0. The number of aromatic nitrogens is 3. The van der Waals surface area contributed by atoms with Crippen molar-refractivity contribution in [3.05, 3.63) is 21.8 Å². The van der Waals surface area contributed by atoms with Crippen molar-refractivity contribution in [2.75, 3.05) is 0 Å². The highest BCUT2D eigenvalue weighted by molar-refractivity contribution is 5.04. The Bertz CT molecular complexity index is 451. The zero-order valence-corrected chi connectivity index (χ0v) is 10.4. The van der Waals surface area contributed by atoms with Gasteiger partial charge in [-0.15, -0.1) is 0 Å². The van der Waals surface area contributed by atoms with Gasteiger partial charge in [0.25, 0.3) is 6.04 Å². The lowest BCUT2D eigenvalue weighted by Gasteiger charge is -2.18. The molecule has 1 atom stereocenters. The number of hydrogen-bond donors (Lipinski definition) is 0. The molecule has 18 heavy (non-hydrogen) atoms. The number of rotatable bonds is 2. The molecular formula is C12H18N4O2. The predicted octanol–water partition coefficient (Wildman–Crippen LogP) is 2.44. The van der Waals surface area contributed by atoms with Crippen molar-refractivity contribution in [1.82, 2.24) is 14.8 Å². The Morgan fingerprint density at radius 3 is 2.67 bits per heavy atom. The molecule has 3 rings (SSSR count). The molecule has 2 heterocycles. The Morgan fingerprint density at radius 1 is 1.17 bits per heavy atom. The van der Waals surface area contributed by atoms with Crippen molar-refractivity contribution in [2.45, 2.75) is 63.5 Å². The molecule has 1 unspecified atom stereocenters.